The molecule has 5 nitrogen and oxygen atoms in total. The number of benzene rings is 2. The van der Waals surface area contributed by atoms with E-state index in [0.29, 0.717) is 32.6 Å². The van der Waals surface area contributed by atoms with Crippen LogP contribution in [-0.2, 0) is 4.79 Å². The van der Waals surface area contributed by atoms with E-state index >= 15 is 0 Å². The average molecular weight is 462 g/mol. The van der Waals surface area contributed by atoms with Gasteiger partial charge in [-0.2, -0.15) is 0 Å². The third-order valence-electron chi connectivity index (χ3n) is 4.60. The maximum absolute atomic E-state index is 12.5. The molecule has 0 aromatic heterocycles. The summed E-state index contributed by atoms with van der Waals surface area (Å²) in [5, 5.41) is 2.93. The van der Waals surface area contributed by atoms with Crippen molar-refractivity contribution in [3.63, 3.8) is 0 Å². The van der Waals surface area contributed by atoms with Crippen LogP contribution in [0.4, 0.5) is 10.5 Å². The van der Waals surface area contributed by atoms with Gasteiger partial charge in [0.1, 0.15) is 0 Å². The minimum atomic E-state index is -0.109. The van der Waals surface area contributed by atoms with E-state index in [1.807, 2.05) is 60.4 Å². The van der Waals surface area contributed by atoms with Crippen molar-refractivity contribution in [2.45, 2.75) is 18.2 Å². The van der Waals surface area contributed by atoms with Gasteiger partial charge in [-0.25, -0.2) is 4.79 Å². The number of hydrogen-bond acceptors (Lipinski definition) is 3. The van der Waals surface area contributed by atoms with E-state index in [1.54, 1.807) is 16.7 Å². The van der Waals surface area contributed by atoms with Crippen molar-refractivity contribution >= 4 is 45.3 Å². The lowest BCUT2D eigenvalue weighted by molar-refractivity contribution is -0.132. The first-order valence-electron chi connectivity index (χ1n) is 9.30. The molecule has 0 radical (unpaired) electrons. The Bertz CT molecular complexity index is 838. The normalized spacial score (nSPS) is 14.1. The standard InChI is InChI=1S/C21H24BrN3O2S/c1-16-5-4-6-17(15-16)23-21(27)25-12-10-24(11-13-25)20(26)9-14-28-19-8-3-2-7-18(19)22/h2-8,15H,9-14H2,1H3,(H,23,27). The zero-order valence-corrected chi connectivity index (χ0v) is 18.3. The van der Waals surface area contributed by atoms with E-state index in [2.05, 4.69) is 21.2 Å². The van der Waals surface area contributed by atoms with Crippen molar-refractivity contribution < 1.29 is 9.59 Å². The third-order valence-corrected chi connectivity index (χ3v) is 6.63. The van der Waals surface area contributed by atoms with Crippen LogP contribution in [0, 0.1) is 6.92 Å². The minimum Gasteiger partial charge on any atom is -0.339 e. The summed E-state index contributed by atoms with van der Waals surface area (Å²) in [4.78, 5) is 29.7. The Morgan fingerprint density at radius 3 is 2.46 bits per heavy atom. The Hall–Kier alpha value is -1.99. The molecule has 2 aromatic rings. The average Bonchev–Trinajstić information content (AvgIpc) is 2.69. The highest BCUT2D eigenvalue weighted by Gasteiger charge is 2.24. The molecular weight excluding hydrogens is 438 g/mol. The summed E-state index contributed by atoms with van der Waals surface area (Å²) in [5.41, 5.74) is 1.90. The molecule has 1 aliphatic heterocycles. The molecule has 1 fully saturated rings. The van der Waals surface area contributed by atoms with Crippen LogP contribution in [0.5, 0.6) is 0 Å². The lowest BCUT2D eigenvalue weighted by atomic mass is 10.2. The van der Waals surface area contributed by atoms with Gasteiger partial charge in [-0.05, 0) is 52.7 Å². The van der Waals surface area contributed by atoms with E-state index in [9.17, 15) is 9.59 Å². The topological polar surface area (TPSA) is 52.7 Å². The van der Waals surface area contributed by atoms with Crippen LogP contribution < -0.4 is 5.32 Å². The molecule has 0 atom stereocenters. The Morgan fingerprint density at radius 2 is 1.75 bits per heavy atom. The Balaban J connectivity index is 1.41. The molecule has 3 rings (SSSR count). The smallest absolute Gasteiger partial charge is 0.321 e. The van der Waals surface area contributed by atoms with Crippen LogP contribution >= 0.6 is 27.7 Å². The van der Waals surface area contributed by atoms with Crippen molar-refractivity contribution in [2.24, 2.45) is 0 Å². The number of halogens is 1. The van der Waals surface area contributed by atoms with Crippen molar-refractivity contribution in [3.8, 4) is 0 Å². The lowest BCUT2D eigenvalue weighted by Gasteiger charge is -2.34. The maximum atomic E-state index is 12.5. The summed E-state index contributed by atoms with van der Waals surface area (Å²) in [7, 11) is 0. The number of rotatable bonds is 5. The van der Waals surface area contributed by atoms with Crippen LogP contribution in [0.1, 0.15) is 12.0 Å². The van der Waals surface area contributed by atoms with E-state index < -0.39 is 0 Å². The molecule has 7 heteroatoms. The van der Waals surface area contributed by atoms with E-state index in [1.165, 1.54) is 0 Å². The first-order valence-corrected chi connectivity index (χ1v) is 11.1. The van der Waals surface area contributed by atoms with E-state index in [-0.39, 0.29) is 11.9 Å². The lowest BCUT2D eigenvalue weighted by Crippen LogP contribution is -2.51. The molecule has 1 heterocycles. The highest BCUT2D eigenvalue weighted by atomic mass is 79.9. The number of nitrogens with one attached hydrogen (secondary N) is 1. The van der Waals surface area contributed by atoms with Gasteiger partial charge >= 0.3 is 6.03 Å². The number of urea groups is 1. The predicted molar refractivity (Wildman–Crippen MR) is 118 cm³/mol. The second-order valence-corrected chi connectivity index (χ2v) is 8.69. The summed E-state index contributed by atoms with van der Waals surface area (Å²) < 4.78 is 1.06. The molecule has 3 amide bonds. The Labute approximate surface area is 178 Å². The molecule has 0 saturated carbocycles. The molecule has 0 aliphatic carbocycles. The Kier molecular flexibility index (Phi) is 7.39. The van der Waals surface area contributed by atoms with Gasteiger partial charge in [-0.15, -0.1) is 11.8 Å². The largest absolute Gasteiger partial charge is 0.339 e. The van der Waals surface area contributed by atoms with Gasteiger partial charge in [0.05, 0.1) is 0 Å². The summed E-state index contributed by atoms with van der Waals surface area (Å²) in [6.07, 6.45) is 0.501. The monoisotopic (exact) mass is 461 g/mol. The molecule has 0 bridgehead atoms. The van der Waals surface area contributed by atoms with Gasteiger partial charge < -0.3 is 15.1 Å². The molecule has 28 heavy (non-hydrogen) atoms. The Morgan fingerprint density at radius 1 is 1.04 bits per heavy atom. The van der Waals surface area contributed by atoms with E-state index in [0.717, 1.165) is 26.4 Å². The summed E-state index contributed by atoms with van der Waals surface area (Å²) in [5.74, 6) is 0.897. The van der Waals surface area contributed by atoms with Gasteiger partial charge in [-0.3, -0.25) is 4.79 Å². The molecular formula is C21H24BrN3O2S. The van der Waals surface area contributed by atoms with Crippen molar-refractivity contribution in [1.29, 1.82) is 0 Å². The zero-order chi connectivity index (χ0) is 19.9. The first kappa shape index (κ1) is 20.7. The number of nitrogens with zero attached hydrogens (tertiary/aromatic N) is 2. The minimum absolute atomic E-state index is 0.109. The van der Waals surface area contributed by atoms with Crippen LogP contribution in [0.15, 0.2) is 57.9 Å². The molecule has 2 aromatic carbocycles. The maximum Gasteiger partial charge on any atom is 0.321 e. The zero-order valence-electron chi connectivity index (χ0n) is 15.9. The highest BCUT2D eigenvalue weighted by molar-refractivity contribution is 9.10. The van der Waals surface area contributed by atoms with Gasteiger partial charge in [0.25, 0.3) is 0 Å². The summed E-state index contributed by atoms with van der Waals surface area (Å²) in [6, 6.07) is 15.7. The number of aryl methyl sites for hydroxylation is 1. The van der Waals surface area contributed by atoms with Crippen LogP contribution in [-0.4, -0.2) is 53.7 Å². The second-order valence-electron chi connectivity index (χ2n) is 6.70. The molecule has 1 N–H and O–H groups in total. The van der Waals surface area contributed by atoms with Gasteiger partial charge in [-0.1, -0.05) is 24.3 Å². The number of thioether (sulfide) groups is 1. The molecule has 0 spiro atoms. The van der Waals surface area contributed by atoms with Crippen molar-refractivity contribution in [3.05, 3.63) is 58.6 Å². The summed E-state index contributed by atoms with van der Waals surface area (Å²) >= 11 is 5.21. The van der Waals surface area contributed by atoms with Gasteiger partial charge in [0.2, 0.25) is 5.91 Å². The van der Waals surface area contributed by atoms with Crippen LogP contribution in [0.25, 0.3) is 0 Å². The first-order chi connectivity index (χ1) is 13.5. The quantitative estimate of drug-likeness (QED) is 0.660. The highest BCUT2D eigenvalue weighted by Crippen LogP contribution is 2.27. The van der Waals surface area contributed by atoms with Crippen LogP contribution in [0.2, 0.25) is 0 Å². The number of anilines is 1. The number of carbonyl (C=O) groups excluding carboxylic acids is 2. The SMILES string of the molecule is Cc1cccc(NC(=O)N2CCN(C(=O)CCSc3ccccc3Br)CC2)c1. The second kappa shape index (κ2) is 9.98. The summed E-state index contributed by atoms with van der Waals surface area (Å²) in [6.45, 7) is 4.27. The number of hydrogen-bond donors (Lipinski definition) is 1. The fourth-order valence-electron chi connectivity index (χ4n) is 3.05. The van der Waals surface area contributed by atoms with Gasteiger partial charge in [0, 0.05) is 53.4 Å². The fourth-order valence-corrected chi connectivity index (χ4v) is 4.56. The number of piperazine rings is 1. The third kappa shape index (κ3) is 5.75. The van der Waals surface area contributed by atoms with Crippen molar-refractivity contribution in [2.75, 3.05) is 37.2 Å². The molecule has 148 valence electrons. The number of amides is 3. The molecule has 0 unspecified atom stereocenters. The fraction of sp³-hybridized carbons (Fsp3) is 0.333. The van der Waals surface area contributed by atoms with Gasteiger partial charge in [0.15, 0.2) is 0 Å². The predicted octanol–water partition coefficient (Wildman–Crippen LogP) is 4.62. The molecule has 1 aliphatic rings. The number of carbonyl (C=O) groups is 2. The van der Waals surface area contributed by atoms with E-state index in [4.69, 9.17) is 0 Å². The molecule has 1 saturated heterocycles. The van der Waals surface area contributed by atoms with Crippen LogP contribution in [0.3, 0.4) is 0 Å². The van der Waals surface area contributed by atoms with Crippen molar-refractivity contribution in [1.82, 2.24) is 9.80 Å².